The van der Waals surface area contributed by atoms with Crippen LogP contribution in [0.25, 0.3) is 22.0 Å². The second-order valence-electron chi connectivity index (χ2n) is 8.96. The number of hydrogen-bond donors (Lipinski definition) is 1. The molecule has 1 aromatic carbocycles. The number of nitrogens with one attached hydrogen (secondary N) is 1. The Bertz CT molecular complexity index is 1290. The van der Waals surface area contributed by atoms with Gasteiger partial charge in [-0.1, -0.05) is 12.1 Å². The molecule has 4 heterocycles. The number of rotatable bonds is 5. The molecule has 0 spiro atoms. The highest BCUT2D eigenvalue weighted by Gasteiger charge is 2.18. The van der Waals surface area contributed by atoms with E-state index in [4.69, 9.17) is 0 Å². The first-order valence-corrected chi connectivity index (χ1v) is 11.4. The van der Waals surface area contributed by atoms with Gasteiger partial charge in [0.2, 0.25) is 0 Å². The molecule has 1 fully saturated rings. The zero-order valence-corrected chi connectivity index (χ0v) is 19.0. The molecule has 1 aliphatic heterocycles. The molecule has 0 aliphatic carbocycles. The molecule has 1 saturated heterocycles. The Morgan fingerprint density at radius 3 is 2.67 bits per heavy atom. The Morgan fingerprint density at radius 1 is 1.03 bits per heavy atom. The number of nitrogens with zero attached hydrogens (tertiary/aromatic N) is 5. The van der Waals surface area contributed by atoms with Gasteiger partial charge in [-0.3, -0.25) is 9.78 Å². The van der Waals surface area contributed by atoms with Crippen LogP contribution in [0.2, 0.25) is 0 Å². The van der Waals surface area contributed by atoms with Crippen molar-refractivity contribution in [3.63, 3.8) is 0 Å². The van der Waals surface area contributed by atoms with Crippen LogP contribution in [-0.2, 0) is 13.5 Å². The first-order valence-electron chi connectivity index (χ1n) is 11.4. The fraction of sp³-hybridized carbons (Fsp3) is 0.308. The van der Waals surface area contributed by atoms with Gasteiger partial charge in [0, 0.05) is 41.6 Å². The Morgan fingerprint density at radius 2 is 1.88 bits per heavy atom. The third-order valence-corrected chi connectivity index (χ3v) is 6.49. The number of carbonyl (C=O) groups excluding carboxylic acids is 1. The van der Waals surface area contributed by atoms with E-state index in [2.05, 4.69) is 44.3 Å². The van der Waals surface area contributed by atoms with Crippen LogP contribution in [0, 0.1) is 5.92 Å². The molecule has 1 N–H and O–H groups in total. The number of likely N-dealkylation sites (tertiary alicyclic amines) is 1. The number of benzene rings is 1. The molecule has 1 aliphatic rings. The summed E-state index contributed by atoms with van der Waals surface area (Å²) < 4.78 is 1.98. The summed E-state index contributed by atoms with van der Waals surface area (Å²) in [5.74, 6) is 0.989. The molecular weight excluding hydrogens is 412 g/mol. The number of pyridine rings is 2. The third kappa shape index (κ3) is 4.78. The van der Waals surface area contributed by atoms with Crippen LogP contribution >= 0.6 is 0 Å². The van der Waals surface area contributed by atoms with Gasteiger partial charge in [-0.2, -0.15) is 0 Å². The average Bonchev–Trinajstić information content (AvgIpc) is 3.26. The second kappa shape index (κ2) is 9.11. The monoisotopic (exact) mass is 440 g/mol. The lowest BCUT2D eigenvalue weighted by Gasteiger charge is -2.28. The number of amides is 1. The molecule has 5 rings (SSSR count). The van der Waals surface area contributed by atoms with E-state index in [0.717, 1.165) is 47.2 Å². The fourth-order valence-electron chi connectivity index (χ4n) is 4.49. The summed E-state index contributed by atoms with van der Waals surface area (Å²) in [6.45, 7) is 2.25. The van der Waals surface area contributed by atoms with Gasteiger partial charge >= 0.3 is 0 Å². The Hall–Kier alpha value is -3.58. The van der Waals surface area contributed by atoms with E-state index in [0.29, 0.717) is 17.3 Å². The minimum atomic E-state index is -0.170. The van der Waals surface area contributed by atoms with Gasteiger partial charge in [-0.25, -0.2) is 9.97 Å². The number of piperidine rings is 1. The summed E-state index contributed by atoms with van der Waals surface area (Å²) >= 11 is 0. The van der Waals surface area contributed by atoms with Crippen LogP contribution in [0.3, 0.4) is 0 Å². The molecule has 0 unspecified atom stereocenters. The Kier molecular flexibility index (Phi) is 5.88. The number of fused-ring (bicyclic) bond motifs is 1. The third-order valence-electron chi connectivity index (χ3n) is 6.49. The van der Waals surface area contributed by atoms with E-state index in [9.17, 15) is 4.79 Å². The van der Waals surface area contributed by atoms with Crippen molar-refractivity contribution >= 4 is 22.5 Å². The Balaban J connectivity index is 1.32. The Labute approximate surface area is 193 Å². The highest BCUT2D eigenvalue weighted by atomic mass is 16.1. The topological polar surface area (TPSA) is 75.9 Å². The zero-order valence-electron chi connectivity index (χ0n) is 19.0. The van der Waals surface area contributed by atoms with Crippen molar-refractivity contribution in [1.82, 2.24) is 24.4 Å². The highest BCUT2D eigenvalue weighted by molar-refractivity contribution is 6.04. The van der Waals surface area contributed by atoms with Gasteiger partial charge in [0.05, 0.1) is 18.2 Å². The van der Waals surface area contributed by atoms with Crippen molar-refractivity contribution in [2.45, 2.75) is 19.3 Å². The molecule has 0 saturated carbocycles. The number of imidazole rings is 1. The normalized spacial score (nSPS) is 15.1. The highest BCUT2D eigenvalue weighted by Crippen LogP contribution is 2.25. The first-order chi connectivity index (χ1) is 16.0. The zero-order chi connectivity index (χ0) is 22.8. The minimum absolute atomic E-state index is 0.170. The summed E-state index contributed by atoms with van der Waals surface area (Å²) in [6.07, 6.45) is 10.4. The maximum absolute atomic E-state index is 12.9. The van der Waals surface area contributed by atoms with Crippen LogP contribution < -0.4 is 5.32 Å². The number of anilines is 1. The van der Waals surface area contributed by atoms with Crippen LogP contribution in [-0.4, -0.2) is 50.5 Å². The van der Waals surface area contributed by atoms with E-state index in [-0.39, 0.29) is 5.91 Å². The lowest BCUT2D eigenvalue weighted by Crippen LogP contribution is -2.31. The molecule has 7 heteroatoms. The van der Waals surface area contributed by atoms with Gasteiger partial charge in [0.15, 0.2) is 0 Å². The number of hydrogen-bond acceptors (Lipinski definition) is 5. The van der Waals surface area contributed by atoms with E-state index < -0.39 is 0 Å². The van der Waals surface area contributed by atoms with Crippen molar-refractivity contribution in [2.75, 3.05) is 25.5 Å². The van der Waals surface area contributed by atoms with Crippen LogP contribution in [0.4, 0.5) is 5.82 Å². The van der Waals surface area contributed by atoms with Crippen molar-refractivity contribution in [1.29, 1.82) is 0 Å². The van der Waals surface area contributed by atoms with Crippen LogP contribution in [0.5, 0.6) is 0 Å². The summed E-state index contributed by atoms with van der Waals surface area (Å²) in [5.41, 5.74) is 3.69. The molecule has 33 heavy (non-hydrogen) atoms. The second-order valence-corrected chi connectivity index (χ2v) is 8.96. The van der Waals surface area contributed by atoms with Gasteiger partial charge in [-0.05, 0) is 75.0 Å². The summed E-state index contributed by atoms with van der Waals surface area (Å²) in [6, 6.07) is 11.8. The molecule has 168 valence electrons. The lowest BCUT2D eigenvalue weighted by atomic mass is 9.92. The van der Waals surface area contributed by atoms with Crippen molar-refractivity contribution in [3.8, 4) is 11.3 Å². The summed E-state index contributed by atoms with van der Waals surface area (Å²) in [4.78, 5) is 28.4. The summed E-state index contributed by atoms with van der Waals surface area (Å²) in [5, 5.41) is 4.98. The molecular formula is C26H28N6O. The molecule has 0 atom stereocenters. The smallest absolute Gasteiger partial charge is 0.256 e. The number of aryl methyl sites for hydroxylation is 1. The molecule has 0 bridgehead atoms. The van der Waals surface area contributed by atoms with Crippen molar-refractivity contribution in [3.05, 3.63) is 72.6 Å². The van der Waals surface area contributed by atoms with Gasteiger partial charge in [0.25, 0.3) is 5.91 Å². The lowest BCUT2D eigenvalue weighted by molar-refractivity contribution is 0.102. The SMILES string of the molecule is CN1CCC(Cc2cc(C(=O)Nc3cc4cc(-c5cncn5C)ccc4cn3)ccn2)CC1. The van der Waals surface area contributed by atoms with Gasteiger partial charge < -0.3 is 14.8 Å². The average molecular weight is 441 g/mol. The minimum Gasteiger partial charge on any atom is -0.334 e. The van der Waals surface area contributed by atoms with E-state index in [1.165, 1.54) is 12.8 Å². The van der Waals surface area contributed by atoms with Crippen LogP contribution in [0.15, 0.2) is 61.3 Å². The summed E-state index contributed by atoms with van der Waals surface area (Å²) in [7, 11) is 4.14. The maximum atomic E-state index is 12.9. The first kappa shape index (κ1) is 21.3. The molecule has 7 nitrogen and oxygen atoms in total. The predicted molar refractivity (Wildman–Crippen MR) is 130 cm³/mol. The van der Waals surface area contributed by atoms with E-state index in [1.807, 2.05) is 36.0 Å². The maximum Gasteiger partial charge on any atom is 0.256 e. The quantitative estimate of drug-likeness (QED) is 0.504. The van der Waals surface area contributed by atoms with Crippen LogP contribution in [0.1, 0.15) is 28.9 Å². The van der Waals surface area contributed by atoms with Gasteiger partial charge in [-0.15, -0.1) is 0 Å². The molecule has 1 amide bonds. The fourth-order valence-corrected chi connectivity index (χ4v) is 4.49. The van der Waals surface area contributed by atoms with Crippen molar-refractivity contribution in [2.24, 2.45) is 13.0 Å². The van der Waals surface area contributed by atoms with E-state index >= 15 is 0 Å². The standard InChI is InChI=1S/C26H28N6O/c1-31-9-6-18(7-10-31)11-23-13-20(5-8-28-23)26(33)30-25-14-22-12-19(3-4-21(22)15-29-25)24-16-27-17-32(24)2/h3-5,8,12-18H,6-7,9-11H2,1-2H3,(H,29,30,33). The number of aromatic nitrogens is 4. The molecule has 0 radical (unpaired) electrons. The largest absolute Gasteiger partial charge is 0.334 e. The molecule has 4 aromatic rings. The van der Waals surface area contributed by atoms with E-state index in [1.54, 1.807) is 24.8 Å². The predicted octanol–water partition coefficient (Wildman–Crippen LogP) is 4.17. The van der Waals surface area contributed by atoms with Gasteiger partial charge in [0.1, 0.15) is 5.82 Å². The number of carbonyl (C=O) groups is 1. The van der Waals surface area contributed by atoms with Crippen molar-refractivity contribution < 1.29 is 4.79 Å². The molecule has 3 aromatic heterocycles.